The molecule has 1 radical (unpaired) electrons. The second kappa shape index (κ2) is 9.44. The van der Waals surface area contributed by atoms with Crippen molar-refractivity contribution in [3.63, 3.8) is 0 Å². The van der Waals surface area contributed by atoms with Gasteiger partial charge in [-0.1, -0.05) is 70.1 Å². The van der Waals surface area contributed by atoms with Crippen molar-refractivity contribution in [2.75, 3.05) is 6.61 Å². The summed E-state index contributed by atoms with van der Waals surface area (Å²) in [6.07, 6.45) is 10.7. The van der Waals surface area contributed by atoms with E-state index in [4.69, 9.17) is 4.74 Å². The van der Waals surface area contributed by atoms with Gasteiger partial charge in [0.25, 0.3) is 0 Å². The Balaban J connectivity index is 1.59. The summed E-state index contributed by atoms with van der Waals surface area (Å²) in [5.41, 5.74) is 0. The molecular weight excluding hydrogens is 256 g/mol. The number of hydrogen-bond acceptors (Lipinski definition) is 1. The SMILES string of the molecule is CCCCCCCCCCOc1ccc2c[c]ccc2c1. The minimum Gasteiger partial charge on any atom is -0.494 e. The Morgan fingerprint density at radius 3 is 2.43 bits per heavy atom. The van der Waals surface area contributed by atoms with Crippen molar-refractivity contribution in [3.05, 3.63) is 42.5 Å². The van der Waals surface area contributed by atoms with Crippen LogP contribution in [0.1, 0.15) is 58.3 Å². The quantitative estimate of drug-likeness (QED) is 0.474. The smallest absolute Gasteiger partial charge is 0.119 e. The Labute approximate surface area is 129 Å². The van der Waals surface area contributed by atoms with Crippen LogP contribution in [0, 0.1) is 6.07 Å². The van der Waals surface area contributed by atoms with Gasteiger partial charge in [-0.05, 0) is 41.5 Å². The minimum absolute atomic E-state index is 0.833. The maximum Gasteiger partial charge on any atom is 0.119 e. The minimum atomic E-state index is 0.833. The van der Waals surface area contributed by atoms with Crippen molar-refractivity contribution >= 4 is 10.8 Å². The molecule has 0 unspecified atom stereocenters. The first-order chi connectivity index (χ1) is 10.4. The monoisotopic (exact) mass is 283 g/mol. The Kier molecular flexibility index (Phi) is 7.14. The third-order valence-corrected chi connectivity index (χ3v) is 3.92. The van der Waals surface area contributed by atoms with E-state index in [0.29, 0.717) is 0 Å². The fraction of sp³-hybridized carbons (Fsp3) is 0.500. The summed E-state index contributed by atoms with van der Waals surface area (Å²) in [7, 11) is 0. The number of rotatable bonds is 10. The fourth-order valence-electron chi connectivity index (χ4n) is 2.62. The molecule has 1 heteroatoms. The molecule has 0 atom stereocenters. The molecule has 2 aromatic carbocycles. The molecule has 21 heavy (non-hydrogen) atoms. The third kappa shape index (κ3) is 5.79. The molecule has 0 aliphatic heterocycles. The van der Waals surface area contributed by atoms with E-state index in [1.807, 2.05) is 12.1 Å². The number of benzene rings is 2. The number of hydrogen-bond donors (Lipinski definition) is 0. The fourth-order valence-corrected chi connectivity index (χ4v) is 2.62. The van der Waals surface area contributed by atoms with E-state index in [1.165, 1.54) is 55.7 Å². The molecule has 0 fully saturated rings. The van der Waals surface area contributed by atoms with Gasteiger partial charge in [0.1, 0.15) is 5.75 Å². The third-order valence-electron chi connectivity index (χ3n) is 3.92. The summed E-state index contributed by atoms with van der Waals surface area (Å²) in [4.78, 5) is 0. The van der Waals surface area contributed by atoms with Crippen LogP contribution in [0.25, 0.3) is 10.8 Å². The summed E-state index contributed by atoms with van der Waals surface area (Å²) in [6, 6.07) is 15.4. The Morgan fingerprint density at radius 2 is 1.62 bits per heavy atom. The molecule has 0 N–H and O–H groups in total. The van der Waals surface area contributed by atoms with Crippen LogP contribution in [0.3, 0.4) is 0 Å². The molecule has 113 valence electrons. The molecule has 0 aromatic heterocycles. The molecule has 0 aliphatic rings. The van der Waals surface area contributed by atoms with Gasteiger partial charge in [0.15, 0.2) is 0 Å². The predicted molar refractivity (Wildman–Crippen MR) is 90.9 cm³/mol. The van der Waals surface area contributed by atoms with Crippen LogP contribution >= 0.6 is 0 Å². The van der Waals surface area contributed by atoms with Crippen LogP contribution < -0.4 is 4.74 Å². The Morgan fingerprint density at radius 1 is 0.857 bits per heavy atom. The van der Waals surface area contributed by atoms with Gasteiger partial charge in [0, 0.05) is 0 Å². The number of unbranched alkanes of at least 4 members (excludes halogenated alkanes) is 7. The van der Waals surface area contributed by atoms with Crippen molar-refractivity contribution in [2.24, 2.45) is 0 Å². The van der Waals surface area contributed by atoms with Gasteiger partial charge in [0.2, 0.25) is 0 Å². The van der Waals surface area contributed by atoms with Crippen molar-refractivity contribution in [1.82, 2.24) is 0 Å². The van der Waals surface area contributed by atoms with Crippen molar-refractivity contribution in [3.8, 4) is 5.75 Å². The summed E-state index contributed by atoms with van der Waals surface area (Å²) < 4.78 is 5.85. The van der Waals surface area contributed by atoms with E-state index in [9.17, 15) is 0 Å². The van der Waals surface area contributed by atoms with Crippen LogP contribution in [0.2, 0.25) is 0 Å². The highest BCUT2D eigenvalue weighted by Crippen LogP contribution is 2.20. The zero-order valence-corrected chi connectivity index (χ0v) is 13.2. The zero-order valence-electron chi connectivity index (χ0n) is 13.2. The van der Waals surface area contributed by atoms with Gasteiger partial charge in [-0.3, -0.25) is 0 Å². The number of ether oxygens (including phenoxy) is 1. The highest BCUT2D eigenvalue weighted by molar-refractivity contribution is 5.83. The highest BCUT2D eigenvalue weighted by atomic mass is 16.5. The number of fused-ring (bicyclic) bond motifs is 1. The topological polar surface area (TPSA) is 9.23 Å². The molecule has 0 saturated heterocycles. The van der Waals surface area contributed by atoms with Gasteiger partial charge in [-0.2, -0.15) is 0 Å². The predicted octanol–water partition coefficient (Wildman–Crippen LogP) is 6.16. The van der Waals surface area contributed by atoms with Crippen molar-refractivity contribution in [1.29, 1.82) is 0 Å². The summed E-state index contributed by atoms with van der Waals surface area (Å²) in [5.74, 6) is 0.983. The molecule has 0 spiro atoms. The largest absolute Gasteiger partial charge is 0.494 e. The summed E-state index contributed by atoms with van der Waals surface area (Å²) in [6.45, 7) is 3.10. The highest BCUT2D eigenvalue weighted by Gasteiger charge is 1.97. The average molecular weight is 283 g/mol. The van der Waals surface area contributed by atoms with E-state index in [-0.39, 0.29) is 0 Å². The molecule has 0 saturated carbocycles. The van der Waals surface area contributed by atoms with Gasteiger partial charge < -0.3 is 4.74 Å². The summed E-state index contributed by atoms with van der Waals surface area (Å²) >= 11 is 0. The Hall–Kier alpha value is -1.50. The first-order valence-corrected chi connectivity index (χ1v) is 8.43. The molecule has 0 amide bonds. The molecule has 0 aliphatic carbocycles. The second-order valence-electron chi connectivity index (χ2n) is 5.76. The molecule has 1 nitrogen and oxygen atoms in total. The van der Waals surface area contributed by atoms with Crippen LogP contribution in [0.15, 0.2) is 36.4 Å². The zero-order chi connectivity index (χ0) is 14.8. The van der Waals surface area contributed by atoms with Crippen LogP contribution in [0.4, 0.5) is 0 Å². The van der Waals surface area contributed by atoms with E-state index >= 15 is 0 Å². The first-order valence-electron chi connectivity index (χ1n) is 8.43. The molecule has 0 heterocycles. The lowest BCUT2D eigenvalue weighted by Gasteiger charge is -2.07. The van der Waals surface area contributed by atoms with Crippen molar-refractivity contribution < 1.29 is 4.74 Å². The van der Waals surface area contributed by atoms with Crippen LogP contribution in [-0.4, -0.2) is 6.61 Å². The average Bonchev–Trinajstić information content (AvgIpc) is 2.53. The normalized spacial score (nSPS) is 10.9. The molecule has 2 rings (SSSR count). The van der Waals surface area contributed by atoms with E-state index < -0.39 is 0 Å². The van der Waals surface area contributed by atoms with E-state index in [0.717, 1.165) is 18.8 Å². The lowest BCUT2D eigenvalue weighted by atomic mass is 10.1. The molecular formula is C20H27O. The second-order valence-corrected chi connectivity index (χ2v) is 5.76. The molecule has 2 aromatic rings. The standard InChI is InChI=1S/C20H27O/c1-2-3-4-5-6-7-8-11-16-21-20-15-14-18-12-9-10-13-19(18)17-20/h10,12-15,17H,2-8,11,16H2,1H3. The first kappa shape index (κ1) is 15.9. The summed E-state index contributed by atoms with van der Waals surface area (Å²) in [5, 5.41) is 2.44. The Bertz CT molecular complexity index is 518. The van der Waals surface area contributed by atoms with Crippen molar-refractivity contribution in [2.45, 2.75) is 58.3 Å². The van der Waals surface area contributed by atoms with E-state index in [1.54, 1.807) is 0 Å². The van der Waals surface area contributed by atoms with Gasteiger partial charge in [-0.15, -0.1) is 0 Å². The van der Waals surface area contributed by atoms with Gasteiger partial charge >= 0.3 is 0 Å². The van der Waals surface area contributed by atoms with E-state index in [2.05, 4.69) is 37.3 Å². The maximum absolute atomic E-state index is 5.85. The lowest BCUT2D eigenvalue weighted by Crippen LogP contribution is -1.97. The maximum atomic E-state index is 5.85. The van der Waals surface area contributed by atoms with Gasteiger partial charge in [0.05, 0.1) is 6.61 Å². The molecule has 0 bridgehead atoms. The van der Waals surface area contributed by atoms with Crippen LogP contribution in [-0.2, 0) is 0 Å². The van der Waals surface area contributed by atoms with Gasteiger partial charge in [-0.25, -0.2) is 0 Å². The lowest BCUT2D eigenvalue weighted by molar-refractivity contribution is 0.304. The van der Waals surface area contributed by atoms with Crippen LogP contribution in [0.5, 0.6) is 5.75 Å².